The number of halogens is 1. The molecule has 0 heterocycles. The standard InChI is InChI=1S/C6H13FO2/c1-4-6(3,7)5(2)9-8/h5,8H,4H2,1-3H3. The Morgan fingerprint density at radius 2 is 2.22 bits per heavy atom. The van der Waals surface area contributed by atoms with Crippen LogP contribution in [0.15, 0.2) is 0 Å². The van der Waals surface area contributed by atoms with Gasteiger partial charge in [0.2, 0.25) is 0 Å². The van der Waals surface area contributed by atoms with Gasteiger partial charge in [-0.05, 0) is 20.3 Å². The van der Waals surface area contributed by atoms with E-state index in [1.165, 1.54) is 13.8 Å². The van der Waals surface area contributed by atoms with E-state index in [9.17, 15) is 4.39 Å². The van der Waals surface area contributed by atoms with Crippen LogP contribution >= 0.6 is 0 Å². The molecule has 2 atom stereocenters. The molecule has 0 saturated carbocycles. The van der Waals surface area contributed by atoms with Crippen molar-refractivity contribution < 1.29 is 14.5 Å². The van der Waals surface area contributed by atoms with E-state index in [-0.39, 0.29) is 0 Å². The monoisotopic (exact) mass is 136 g/mol. The van der Waals surface area contributed by atoms with Gasteiger partial charge < -0.3 is 0 Å². The van der Waals surface area contributed by atoms with Crippen LogP contribution in [0.1, 0.15) is 27.2 Å². The highest BCUT2D eigenvalue weighted by molar-refractivity contribution is 4.77. The van der Waals surface area contributed by atoms with Gasteiger partial charge >= 0.3 is 0 Å². The smallest absolute Gasteiger partial charge is 0.136 e. The summed E-state index contributed by atoms with van der Waals surface area (Å²) in [5, 5.41) is 8.06. The molecule has 0 bridgehead atoms. The van der Waals surface area contributed by atoms with Crippen molar-refractivity contribution in [1.82, 2.24) is 0 Å². The first kappa shape index (κ1) is 8.85. The maximum Gasteiger partial charge on any atom is 0.136 e. The van der Waals surface area contributed by atoms with Crippen LogP contribution in [0, 0.1) is 0 Å². The van der Waals surface area contributed by atoms with E-state index in [0.717, 1.165) is 0 Å². The van der Waals surface area contributed by atoms with E-state index in [1.54, 1.807) is 6.92 Å². The van der Waals surface area contributed by atoms with Crippen molar-refractivity contribution in [1.29, 1.82) is 0 Å². The highest BCUT2D eigenvalue weighted by atomic mass is 19.1. The summed E-state index contributed by atoms with van der Waals surface area (Å²) in [6.45, 7) is 4.59. The SMILES string of the molecule is CCC(C)(F)C(C)OO. The molecular weight excluding hydrogens is 123 g/mol. The Kier molecular flexibility index (Phi) is 3.08. The first-order valence-corrected chi connectivity index (χ1v) is 3.03. The lowest BCUT2D eigenvalue weighted by Crippen LogP contribution is -2.33. The second-order valence-electron chi connectivity index (χ2n) is 2.38. The second kappa shape index (κ2) is 3.13. The molecule has 1 N–H and O–H groups in total. The van der Waals surface area contributed by atoms with Crippen LogP contribution in [-0.2, 0) is 4.89 Å². The minimum absolute atomic E-state index is 0.342. The Morgan fingerprint density at radius 3 is 2.33 bits per heavy atom. The van der Waals surface area contributed by atoms with Gasteiger partial charge in [-0.1, -0.05) is 6.92 Å². The van der Waals surface area contributed by atoms with Crippen LogP contribution in [0.2, 0.25) is 0 Å². The fourth-order valence-corrected chi connectivity index (χ4v) is 0.397. The molecule has 56 valence electrons. The third-order valence-electron chi connectivity index (χ3n) is 1.70. The average Bonchev–Trinajstić information content (AvgIpc) is 1.86. The van der Waals surface area contributed by atoms with Crippen molar-refractivity contribution in [2.75, 3.05) is 0 Å². The zero-order chi connectivity index (χ0) is 7.49. The van der Waals surface area contributed by atoms with Gasteiger partial charge in [-0.25, -0.2) is 9.28 Å². The van der Waals surface area contributed by atoms with Crippen LogP contribution in [-0.4, -0.2) is 17.0 Å². The second-order valence-corrected chi connectivity index (χ2v) is 2.38. The molecule has 2 unspecified atom stereocenters. The van der Waals surface area contributed by atoms with Gasteiger partial charge in [0, 0.05) is 0 Å². The van der Waals surface area contributed by atoms with Crippen LogP contribution < -0.4 is 0 Å². The molecule has 0 aliphatic carbocycles. The summed E-state index contributed by atoms with van der Waals surface area (Å²) in [5.74, 6) is 0. The third kappa shape index (κ3) is 2.28. The molecule has 2 nitrogen and oxygen atoms in total. The summed E-state index contributed by atoms with van der Waals surface area (Å²) in [7, 11) is 0. The molecule has 0 aliphatic heterocycles. The summed E-state index contributed by atoms with van der Waals surface area (Å²) >= 11 is 0. The van der Waals surface area contributed by atoms with Gasteiger partial charge in [-0.2, -0.15) is 0 Å². The molecular formula is C6H13FO2. The number of hydrogen-bond acceptors (Lipinski definition) is 2. The van der Waals surface area contributed by atoms with E-state index in [4.69, 9.17) is 5.26 Å². The maximum absolute atomic E-state index is 12.9. The van der Waals surface area contributed by atoms with Crippen molar-refractivity contribution >= 4 is 0 Å². The third-order valence-corrected chi connectivity index (χ3v) is 1.70. The van der Waals surface area contributed by atoms with Crippen molar-refractivity contribution in [3.63, 3.8) is 0 Å². The van der Waals surface area contributed by atoms with Crippen LogP contribution in [0.5, 0.6) is 0 Å². The fourth-order valence-electron chi connectivity index (χ4n) is 0.397. The lowest BCUT2D eigenvalue weighted by Gasteiger charge is -2.22. The van der Waals surface area contributed by atoms with Crippen molar-refractivity contribution in [2.24, 2.45) is 0 Å². The Balaban J connectivity index is 3.80. The molecule has 0 spiro atoms. The van der Waals surface area contributed by atoms with Gasteiger partial charge in [0.25, 0.3) is 0 Å². The summed E-state index contributed by atoms with van der Waals surface area (Å²) < 4.78 is 12.9. The number of rotatable bonds is 3. The van der Waals surface area contributed by atoms with E-state index in [2.05, 4.69) is 4.89 Å². The van der Waals surface area contributed by atoms with Gasteiger partial charge in [0.15, 0.2) is 0 Å². The van der Waals surface area contributed by atoms with Crippen molar-refractivity contribution in [2.45, 2.75) is 39.0 Å². The molecule has 0 rings (SSSR count). The molecule has 0 aromatic carbocycles. The van der Waals surface area contributed by atoms with Crippen molar-refractivity contribution in [3.8, 4) is 0 Å². The summed E-state index contributed by atoms with van der Waals surface area (Å²) in [6.07, 6.45) is -0.406. The summed E-state index contributed by atoms with van der Waals surface area (Å²) in [4.78, 5) is 3.83. The van der Waals surface area contributed by atoms with E-state index in [0.29, 0.717) is 6.42 Å². The lowest BCUT2D eigenvalue weighted by atomic mass is 10.00. The Hall–Kier alpha value is -0.150. The first-order valence-electron chi connectivity index (χ1n) is 3.03. The normalized spacial score (nSPS) is 21.0. The van der Waals surface area contributed by atoms with Gasteiger partial charge in [0.05, 0.1) is 0 Å². The van der Waals surface area contributed by atoms with E-state index >= 15 is 0 Å². The minimum Gasteiger partial charge on any atom is -0.251 e. The maximum atomic E-state index is 12.9. The molecule has 0 saturated heterocycles. The molecule has 0 aromatic rings. The average molecular weight is 136 g/mol. The van der Waals surface area contributed by atoms with Gasteiger partial charge in [-0.15, -0.1) is 0 Å². The molecule has 0 aromatic heterocycles. The van der Waals surface area contributed by atoms with E-state index in [1.807, 2.05) is 0 Å². The molecule has 0 aliphatic rings. The molecule has 3 heteroatoms. The summed E-state index contributed by atoms with van der Waals surface area (Å²) in [6, 6.07) is 0. The topological polar surface area (TPSA) is 29.5 Å². The van der Waals surface area contributed by atoms with E-state index < -0.39 is 11.8 Å². The lowest BCUT2D eigenvalue weighted by molar-refractivity contribution is -0.298. The first-order chi connectivity index (χ1) is 4.04. The molecule has 0 radical (unpaired) electrons. The predicted octanol–water partition coefficient (Wildman–Crippen LogP) is 2.00. The highest BCUT2D eigenvalue weighted by Crippen LogP contribution is 2.21. The number of hydrogen-bond donors (Lipinski definition) is 1. The van der Waals surface area contributed by atoms with Gasteiger partial charge in [0.1, 0.15) is 11.8 Å². The summed E-state index contributed by atoms with van der Waals surface area (Å²) in [5.41, 5.74) is -1.42. The minimum atomic E-state index is -1.42. The van der Waals surface area contributed by atoms with Crippen LogP contribution in [0.3, 0.4) is 0 Å². The van der Waals surface area contributed by atoms with Gasteiger partial charge in [-0.3, -0.25) is 5.26 Å². The highest BCUT2D eigenvalue weighted by Gasteiger charge is 2.29. The molecule has 0 fully saturated rings. The largest absolute Gasteiger partial charge is 0.251 e. The number of alkyl halides is 1. The Bertz CT molecular complexity index is 83.1. The Morgan fingerprint density at radius 1 is 1.78 bits per heavy atom. The quantitative estimate of drug-likeness (QED) is 0.475. The van der Waals surface area contributed by atoms with Crippen LogP contribution in [0.25, 0.3) is 0 Å². The molecule has 9 heavy (non-hydrogen) atoms. The van der Waals surface area contributed by atoms with Crippen molar-refractivity contribution in [3.05, 3.63) is 0 Å². The molecule has 0 amide bonds. The predicted molar refractivity (Wildman–Crippen MR) is 33.0 cm³/mol. The Labute approximate surface area is 54.6 Å². The zero-order valence-electron chi connectivity index (χ0n) is 6.02. The fraction of sp³-hybridized carbons (Fsp3) is 1.00. The zero-order valence-corrected chi connectivity index (χ0v) is 6.02. The van der Waals surface area contributed by atoms with Crippen LogP contribution in [0.4, 0.5) is 4.39 Å².